The third-order valence-electron chi connectivity index (χ3n) is 4.09. The van der Waals surface area contributed by atoms with Gasteiger partial charge in [0.15, 0.2) is 5.82 Å². The van der Waals surface area contributed by atoms with Crippen molar-refractivity contribution in [1.82, 2.24) is 20.1 Å². The number of carbonyl (C=O) groups excluding carboxylic acids is 1. The monoisotopic (exact) mass is 322 g/mol. The Morgan fingerprint density at radius 3 is 2.79 bits per heavy atom. The summed E-state index contributed by atoms with van der Waals surface area (Å²) in [4.78, 5) is 20.9. The number of amides is 1. The topological polar surface area (TPSA) is 86.0 Å². The van der Waals surface area contributed by atoms with E-state index in [-0.39, 0.29) is 5.91 Å². The highest BCUT2D eigenvalue weighted by molar-refractivity contribution is 5.92. The number of aryl methyl sites for hydroxylation is 1. The Balaban J connectivity index is 1.71. The second-order valence-electron chi connectivity index (χ2n) is 5.66. The molecule has 24 heavy (non-hydrogen) atoms. The van der Waals surface area contributed by atoms with Gasteiger partial charge in [-0.2, -0.15) is 10.4 Å². The van der Waals surface area contributed by atoms with Gasteiger partial charge in [-0.15, -0.1) is 5.10 Å². The summed E-state index contributed by atoms with van der Waals surface area (Å²) in [6.45, 7) is 4.57. The average Bonchev–Trinajstić information content (AvgIpc) is 2.88. The molecule has 7 heteroatoms. The normalized spacial score (nSPS) is 14.8. The number of rotatable bonds is 2. The maximum atomic E-state index is 12.7. The molecule has 1 aliphatic rings. The first-order chi connectivity index (χ1) is 11.7. The highest BCUT2D eigenvalue weighted by Crippen LogP contribution is 2.14. The number of hydrogen-bond acceptors (Lipinski definition) is 6. The van der Waals surface area contributed by atoms with Crippen LogP contribution < -0.4 is 4.90 Å². The van der Waals surface area contributed by atoms with Crippen LogP contribution in [0.2, 0.25) is 0 Å². The molecule has 1 fully saturated rings. The first-order valence-corrected chi connectivity index (χ1v) is 7.88. The predicted molar refractivity (Wildman–Crippen MR) is 88.5 cm³/mol. The SMILES string of the molecule is Cc1nc(C(=O)N2CCCN(c3cccnn3)CC2)ccc1C#N. The summed E-state index contributed by atoms with van der Waals surface area (Å²) in [5, 5.41) is 17.0. The molecule has 0 radical (unpaired) electrons. The molecule has 0 spiro atoms. The summed E-state index contributed by atoms with van der Waals surface area (Å²) >= 11 is 0. The van der Waals surface area contributed by atoms with Crippen LogP contribution in [0.3, 0.4) is 0 Å². The maximum Gasteiger partial charge on any atom is 0.272 e. The van der Waals surface area contributed by atoms with Crippen LogP contribution in [-0.4, -0.2) is 52.2 Å². The summed E-state index contributed by atoms with van der Waals surface area (Å²) in [5.74, 6) is 0.739. The highest BCUT2D eigenvalue weighted by atomic mass is 16.2. The lowest BCUT2D eigenvalue weighted by atomic mass is 10.2. The second-order valence-corrected chi connectivity index (χ2v) is 5.66. The molecule has 3 heterocycles. The van der Waals surface area contributed by atoms with E-state index >= 15 is 0 Å². The minimum atomic E-state index is -0.0939. The van der Waals surface area contributed by atoms with Crippen molar-refractivity contribution in [2.24, 2.45) is 0 Å². The van der Waals surface area contributed by atoms with E-state index in [0.29, 0.717) is 36.6 Å². The van der Waals surface area contributed by atoms with Gasteiger partial charge in [0, 0.05) is 32.4 Å². The molecule has 1 amide bonds. The first-order valence-electron chi connectivity index (χ1n) is 7.88. The molecule has 0 N–H and O–H groups in total. The van der Waals surface area contributed by atoms with E-state index in [4.69, 9.17) is 5.26 Å². The van der Waals surface area contributed by atoms with Crippen LogP contribution in [0, 0.1) is 18.3 Å². The Morgan fingerprint density at radius 2 is 2.08 bits per heavy atom. The first kappa shape index (κ1) is 15.9. The van der Waals surface area contributed by atoms with Gasteiger partial charge in [0.1, 0.15) is 11.8 Å². The van der Waals surface area contributed by atoms with E-state index in [1.165, 1.54) is 0 Å². The molecule has 0 unspecified atom stereocenters. The zero-order valence-electron chi connectivity index (χ0n) is 13.5. The van der Waals surface area contributed by atoms with Crippen molar-refractivity contribution < 1.29 is 4.79 Å². The third kappa shape index (κ3) is 3.33. The van der Waals surface area contributed by atoms with Gasteiger partial charge >= 0.3 is 0 Å². The molecule has 1 aliphatic heterocycles. The number of nitriles is 1. The quantitative estimate of drug-likeness (QED) is 0.831. The lowest BCUT2D eigenvalue weighted by Crippen LogP contribution is -2.36. The summed E-state index contributed by atoms with van der Waals surface area (Å²) in [5.41, 5.74) is 1.47. The zero-order valence-corrected chi connectivity index (χ0v) is 13.5. The molecule has 7 nitrogen and oxygen atoms in total. The summed E-state index contributed by atoms with van der Waals surface area (Å²) < 4.78 is 0. The van der Waals surface area contributed by atoms with Crippen molar-refractivity contribution in [2.45, 2.75) is 13.3 Å². The summed E-state index contributed by atoms with van der Waals surface area (Å²) in [6.07, 6.45) is 2.51. The van der Waals surface area contributed by atoms with Gasteiger partial charge in [-0.1, -0.05) is 0 Å². The van der Waals surface area contributed by atoms with Crippen LogP contribution in [0.1, 0.15) is 28.2 Å². The number of aromatic nitrogens is 3. The Hall–Kier alpha value is -3.01. The van der Waals surface area contributed by atoms with Crippen LogP contribution >= 0.6 is 0 Å². The standard InChI is InChI=1S/C17H18N6O/c1-13-14(12-18)5-6-15(20-13)17(24)23-9-3-8-22(10-11-23)16-4-2-7-19-21-16/h2,4-7H,3,8-11H2,1H3. The lowest BCUT2D eigenvalue weighted by Gasteiger charge is -2.22. The smallest absolute Gasteiger partial charge is 0.272 e. The number of nitrogens with zero attached hydrogens (tertiary/aromatic N) is 6. The number of carbonyl (C=O) groups is 1. The van der Waals surface area contributed by atoms with Crippen molar-refractivity contribution in [3.05, 3.63) is 47.4 Å². The van der Waals surface area contributed by atoms with Crippen LogP contribution in [0.15, 0.2) is 30.5 Å². The molecule has 2 aromatic heterocycles. The van der Waals surface area contributed by atoms with Gasteiger partial charge in [0.25, 0.3) is 5.91 Å². The van der Waals surface area contributed by atoms with E-state index in [1.807, 2.05) is 17.0 Å². The summed E-state index contributed by atoms with van der Waals surface area (Å²) in [6, 6.07) is 9.13. The minimum Gasteiger partial charge on any atom is -0.353 e. The molecule has 0 saturated carbocycles. The molecule has 0 aromatic carbocycles. The van der Waals surface area contributed by atoms with Gasteiger partial charge in [0.05, 0.1) is 11.3 Å². The van der Waals surface area contributed by atoms with E-state index in [9.17, 15) is 4.79 Å². The number of hydrogen-bond donors (Lipinski definition) is 0. The Morgan fingerprint density at radius 1 is 1.21 bits per heavy atom. The van der Waals surface area contributed by atoms with E-state index in [0.717, 1.165) is 18.8 Å². The van der Waals surface area contributed by atoms with E-state index < -0.39 is 0 Å². The van der Waals surface area contributed by atoms with Crippen LogP contribution in [-0.2, 0) is 0 Å². The minimum absolute atomic E-state index is 0.0939. The van der Waals surface area contributed by atoms with Gasteiger partial charge in [-0.05, 0) is 37.6 Å². The van der Waals surface area contributed by atoms with Crippen molar-refractivity contribution in [1.29, 1.82) is 5.26 Å². The predicted octanol–water partition coefficient (Wildman–Crippen LogP) is 1.40. The number of pyridine rings is 1. The Kier molecular flexibility index (Phi) is 4.66. The Bertz CT molecular complexity index is 770. The van der Waals surface area contributed by atoms with Crippen LogP contribution in [0.25, 0.3) is 0 Å². The molecule has 122 valence electrons. The van der Waals surface area contributed by atoms with Gasteiger partial charge < -0.3 is 9.80 Å². The fourth-order valence-electron chi connectivity index (χ4n) is 2.77. The fourth-order valence-corrected chi connectivity index (χ4v) is 2.77. The molecule has 0 bridgehead atoms. The average molecular weight is 322 g/mol. The molecule has 3 rings (SSSR count). The lowest BCUT2D eigenvalue weighted by molar-refractivity contribution is 0.0761. The maximum absolute atomic E-state index is 12.7. The Labute approximate surface area is 140 Å². The van der Waals surface area contributed by atoms with Crippen molar-refractivity contribution >= 4 is 11.7 Å². The summed E-state index contributed by atoms with van der Waals surface area (Å²) in [7, 11) is 0. The van der Waals surface area contributed by atoms with E-state index in [1.54, 1.807) is 25.3 Å². The second kappa shape index (κ2) is 7.04. The largest absolute Gasteiger partial charge is 0.353 e. The molecule has 2 aromatic rings. The zero-order chi connectivity index (χ0) is 16.9. The van der Waals surface area contributed by atoms with Gasteiger partial charge in [-0.3, -0.25) is 4.79 Å². The molecular formula is C17H18N6O. The molecular weight excluding hydrogens is 304 g/mol. The van der Waals surface area contributed by atoms with Gasteiger partial charge in [0.2, 0.25) is 0 Å². The molecule has 1 saturated heterocycles. The van der Waals surface area contributed by atoms with Crippen molar-refractivity contribution in [3.63, 3.8) is 0 Å². The third-order valence-corrected chi connectivity index (χ3v) is 4.09. The highest BCUT2D eigenvalue weighted by Gasteiger charge is 2.22. The molecule has 0 atom stereocenters. The fraction of sp³-hybridized carbons (Fsp3) is 0.353. The van der Waals surface area contributed by atoms with Gasteiger partial charge in [-0.25, -0.2) is 4.98 Å². The van der Waals surface area contributed by atoms with Crippen molar-refractivity contribution in [3.8, 4) is 6.07 Å². The molecule has 0 aliphatic carbocycles. The van der Waals surface area contributed by atoms with Crippen LogP contribution in [0.5, 0.6) is 0 Å². The number of anilines is 1. The van der Waals surface area contributed by atoms with Crippen molar-refractivity contribution in [2.75, 3.05) is 31.1 Å². The van der Waals surface area contributed by atoms with E-state index in [2.05, 4.69) is 26.2 Å². The van der Waals surface area contributed by atoms with Crippen LogP contribution in [0.4, 0.5) is 5.82 Å².